The summed E-state index contributed by atoms with van der Waals surface area (Å²) in [6, 6.07) is 1.83. The van der Waals surface area contributed by atoms with Gasteiger partial charge in [-0.05, 0) is 0 Å². The second-order valence-corrected chi connectivity index (χ2v) is 4.68. The highest BCUT2D eigenvalue weighted by Gasteiger charge is 2.25. The Morgan fingerprint density at radius 2 is 2.05 bits per heavy atom. The SMILES string of the molecule is COC(=O)Nc1c(SCCO)cc([N+](=O)[O-])cc1[N+](=O)[O-]. The van der Waals surface area contributed by atoms with Crippen LogP contribution in [0.1, 0.15) is 0 Å². The number of nitrogens with zero attached hydrogens (tertiary/aromatic N) is 2. The first kappa shape index (κ1) is 16.7. The number of anilines is 1. The molecule has 0 spiro atoms. The van der Waals surface area contributed by atoms with Crippen molar-refractivity contribution in [3.63, 3.8) is 0 Å². The van der Waals surface area contributed by atoms with Gasteiger partial charge in [0, 0.05) is 16.7 Å². The Balaban J connectivity index is 3.41. The van der Waals surface area contributed by atoms with Crippen LogP contribution < -0.4 is 5.32 Å². The van der Waals surface area contributed by atoms with Crippen LogP contribution in [0.4, 0.5) is 21.9 Å². The van der Waals surface area contributed by atoms with E-state index >= 15 is 0 Å². The molecular formula is C10H11N3O7S. The molecular weight excluding hydrogens is 306 g/mol. The molecule has 11 heteroatoms. The Labute approximate surface area is 122 Å². The van der Waals surface area contributed by atoms with E-state index in [1.807, 2.05) is 0 Å². The van der Waals surface area contributed by atoms with Gasteiger partial charge in [0.15, 0.2) is 0 Å². The fourth-order valence-electron chi connectivity index (χ4n) is 1.38. The highest BCUT2D eigenvalue weighted by atomic mass is 32.2. The number of methoxy groups -OCH3 is 1. The van der Waals surface area contributed by atoms with Gasteiger partial charge in [0.25, 0.3) is 5.69 Å². The van der Waals surface area contributed by atoms with Crippen LogP contribution in [0.3, 0.4) is 0 Å². The van der Waals surface area contributed by atoms with Crippen LogP contribution in [0, 0.1) is 20.2 Å². The first-order valence-corrected chi connectivity index (χ1v) is 6.44. The molecule has 21 heavy (non-hydrogen) atoms. The van der Waals surface area contributed by atoms with Crippen LogP contribution >= 0.6 is 11.8 Å². The zero-order valence-corrected chi connectivity index (χ0v) is 11.6. The van der Waals surface area contributed by atoms with Gasteiger partial charge in [0.1, 0.15) is 5.69 Å². The van der Waals surface area contributed by atoms with Gasteiger partial charge in [-0.1, -0.05) is 0 Å². The Kier molecular flexibility index (Phi) is 5.87. The number of benzene rings is 1. The largest absolute Gasteiger partial charge is 0.453 e. The van der Waals surface area contributed by atoms with Gasteiger partial charge >= 0.3 is 11.8 Å². The molecule has 0 aliphatic rings. The normalized spacial score (nSPS) is 10.0. The summed E-state index contributed by atoms with van der Waals surface area (Å²) in [5, 5.41) is 32.8. The summed E-state index contributed by atoms with van der Waals surface area (Å²) in [6.45, 7) is -0.237. The number of aliphatic hydroxyl groups is 1. The van der Waals surface area contributed by atoms with E-state index in [0.717, 1.165) is 31.0 Å². The third-order valence-electron chi connectivity index (χ3n) is 2.23. The zero-order valence-electron chi connectivity index (χ0n) is 10.8. The molecule has 0 radical (unpaired) electrons. The number of nitrogens with one attached hydrogen (secondary N) is 1. The smallest absolute Gasteiger partial charge is 0.411 e. The van der Waals surface area contributed by atoms with Gasteiger partial charge < -0.3 is 9.84 Å². The highest BCUT2D eigenvalue weighted by molar-refractivity contribution is 7.99. The number of hydrogen-bond acceptors (Lipinski definition) is 8. The Morgan fingerprint density at radius 3 is 2.52 bits per heavy atom. The second-order valence-electron chi connectivity index (χ2n) is 3.54. The predicted octanol–water partition coefficient (Wildman–Crippen LogP) is 1.77. The van der Waals surface area contributed by atoms with E-state index in [0.29, 0.717) is 0 Å². The van der Waals surface area contributed by atoms with E-state index in [2.05, 4.69) is 10.1 Å². The maximum atomic E-state index is 11.3. The molecule has 0 fully saturated rings. The number of rotatable bonds is 6. The number of hydrogen-bond donors (Lipinski definition) is 2. The number of ether oxygens (including phenoxy) is 1. The number of nitro benzene ring substituents is 2. The monoisotopic (exact) mass is 317 g/mol. The van der Waals surface area contributed by atoms with E-state index in [9.17, 15) is 25.0 Å². The van der Waals surface area contributed by atoms with E-state index in [1.165, 1.54) is 0 Å². The minimum atomic E-state index is -0.946. The van der Waals surface area contributed by atoms with Crippen molar-refractivity contribution < 1.29 is 24.5 Å². The molecule has 0 heterocycles. The Hall–Kier alpha value is -2.40. The Morgan fingerprint density at radius 1 is 1.38 bits per heavy atom. The minimum Gasteiger partial charge on any atom is -0.453 e. The molecule has 0 aliphatic heterocycles. The van der Waals surface area contributed by atoms with Gasteiger partial charge in [-0.2, -0.15) is 0 Å². The van der Waals surface area contributed by atoms with Crippen molar-refractivity contribution >= 4 is 34.9 Å². The lowest BCUT2D eigenvalue weighted by molar-refractivity contribution is -0.393. The number of nitro groups is 2. The topological polar surface area (TPSA) is 145 Å². The minimum absolute atomic E-state index is 0.0929. The van der Waals surface area contributed by atoms with E-state index < -0.39 is 27.3 Å². The molecule has 0 aliphatic carbocycles. The van der Waals surface area contributed by atoms with Crippen LogP contribution in [-0.2, 0) is 4.74 Å². The third-order valence-corrected chi connectivity index (χ3v) is 3.25. The molecule has 0 unspecified atom stereocenters. The number of non-ortho nitro benzene ring substituents is 1. The number of thioether (sulfide) groups is 1. The average molecular weight is 317 g/mol. The van der Waals surface area contributed by atoms with Crippen LogP contribution in [0.5, 0.6) is 0 Å². The van der Waals surface area contributed by atoms with Crippen LogP contribution in [0.15, 0.2) is 17.0 Å². The summed E-state index contributed by atoms with van der Waals surface area (Å²) >= 11 is 0.933. The van der Waals surface area contributed by atoms with Gasteiger partial charge in [0.05, 0.1) is 29.6 Å². The van der Waals surface area contributed by atoms with E-state index in [1.54, 1.807) is 0 Å². The summed E-state index contributed by atoms with van der Waals surface area (Å²) in [5.41, 5.74) is -1.33. The Bertz CT molecular complexity index is 578. The maximum Gasteiger partial charge on any atom is 0.411 e. The number of amides is 1. The first-order valence-electron chi connectivity index (χ1n) is 5.46. The van der Waals surface area contributed by atoms with Crippen molar-refractivity contribution in [1.82, 2.24) is 0 Å². The van der Waals surface area contributed by atoms with Crippen LogP contribution in [0.25, 0.3) is 0 Å². The van der Waals surface area contributed by atoms with Crippen LogP contribution in [-0.4, -0.2) is 40.5 Å². The molecule has 1 aromatic carbocycles. The van der Waals surface area contributed by atoms with Crippen molar-refractivity contribution in [1.29, 1.82) is 0 Å². The predicted molar refractivity (Wildman–Crippen MR) is 73.6 cm³/mol. The summed E-state index contributed by atoms with van der Waals surface area (Å²) in [7, 11) is 1.08. The molecule has 0 aromatic heterocycles. The van der Waals surface area contributed by atoms with Gasteiger partial charge in [-0.25, -0.2) is 4.79 Å². The van der Waals surface area contributed by atoms with Gasteiger partial charge in [0.2, 0.25) is 0 Å². The molecule has 0 saturated heterocycles. The molecule has 0 atom stereocenters. The summed E-state index contributed by atoms with van der Waals surface area (Å²) in [5.74, 6) is 0.147. The second kappa shape index (κ2) is 7.40. The lowest BCUT2D eigenvalue weighted by atomic mass is 10.2. The highest BCUT2D eigenvalue weighted by Crippen LogP contribution is 2.39. The molecule has 1 amide bonds. The lowest BCUT2D eigenvalue weighted by Crippen LogP contribution is -2.13. The maximum absolute atomic E-state index is 11.3. The molecule has 1 rings (SSSR count). The van der Waals surface area contributed by atoms with Crippen LogP contribution in [0.2, 0.25) is 0 Å². The van der Waals surface area contributed by atoms with Gasteiger partial charge in [-0.15, -0.1) is 11.8 Å². The molecule has 1 aromatic rings. The quantitative estimate of drug-likeness (QED) is 0.458. The van der Waals surface area contributed by atoms with Crippen molar-refractivity contribution in [2.24, 2.45) is 0 Å². The third kappa shape index (κ3) is 4.29. The molecule has 0 bridgehead atoms. The van der Waals surface area contributed by atoms with Crippen molar-refractivity contribution in [2.75, 3.05) is 24.8 Å². The van der Waals surface area contributed by atoms with Crippen molar-refractivity contribution in [3.8, 4) is 0 Å². The number of carbonyl (C=O) groups excluding carboxylic acids is 1. The van der Waals surface area contributed by atoms with Crippen molar-refractivity contribution in [3.05, 3.63) is 32.4 Å². The lowest BCUT2D eigenvalue weighted by Gasteiger charge is -2.10. The van der Waals surface area contributed by atoms with Gasteiger partial charge in [-0.3, -0.25) is 25.5 Å². The number of aliphatic hydroxyl groups excluding tert-OH is 1. The fourth-order valence-corrected chi connectivity index (χ4v) is 2.20. The summed E-state index contributed by atoms with van der Waals surface area (Å²) in [6.07, 6.45) is -0.946. The summed E-state index contributed by atoms with van der Waals surface area (Å²) in [4.78, 5) is 31.5. The molecule has 2 N–H and O–H groups in total. The summed E-state index contributed by atoms with van der Waals surface area (Å²) < 4.78 is 4.36. The fraction of sp³-hybridized carbons (Fsp3) is 0.300. The molecule has 0 saturated carbocycles. The zero-order chi connectivity index (χ0) is 16.0. The average Bonchev–Trinajstić information content (AvgIpc) is 2.44. The molecule has 114 valence electrons. The first-order chi connectivity index (χ1) is 9.90. The van der Waals surface area contributed by atoms with Crippen molar-refractivity contribution in [2.45, 2.75) is 4.90 Å². The number of carbonyl (C=O) groups is 1. The standard InChI is InChI=1S/C10H11N3O7S/c1-20-10(15)11-9-7(13(18)19)4-6(12(16)17)5-8(9)21-3-2-14/h4-5,14H,2-3H2,1H3,(H,11,15). The van der Waals surface area contributed by atoms with E-state index in [4.69, 9.17) is 5.11 Å². The van der Waals surface area contributed by atoms with E-state index in [-0.39, 0.29) is 22.9 Å². The molecule has 10 nitrogen and oxygen atoms in total.